The van der Waals surface area contributed by atoms with E-state index in [0.29, 0.717) is 31.6 Å². The lowest BCUT2D eigenvalue weighted by Crippen LogP contribution is -2.75. The fourth-order valence-electron chi connectivity index (χ4n) is 6.32. The minimum absolute atomic E-state index is 0.0685. The summed E-state index contributed by atoms with van der Waals surface area (Å²) in [6, 6.07) is 0.516. The molecule has 2 aromatic rings. The van der Waals surface area contributed by atoms with Crippen LogP contribution in [0.25, 0.3) is 0 Å². The van der Waals surface area contributed by atoms with Crippen LogP contribution in [0.2, 0.25) is 0 Å². The van der Waals surface area contributed by atoms with Gasteiger partial charge in [-0.15, -0.1) is 0 Å². The maximum atomic E-state index is 12.9. The first kappa shape index (κ1) is 20.7. The van der Waals surface area contributed by atoms with Crippen molar-refractivity contribution in [2.45, 2.75) is 50.4 Å². The average Bonchev–Trinajstić information content (AvgIpc) is 3.19. The van der Waals surface area contributed by atoms with Crippen molar-refractivity contribution < 1.29 is 22.4 Å². The minimum Gasteiger partial charge on any atom is -0.437 e. The van der Waals surface area contributed by atoms with Crippen molar-refractivity contribution in [3.8, 4) is 0 Å². The first-order valence-corrected chi connectivity index (χ1v) is 11.9. The van der Waals surface area contributed by atoms with E-state index >= 15 is 0 Å². The van der Waals surface area contributed by atoms with Crippen LogP contribution in [0, 0.1) is 10.8 Å². The van der Waals surface area contributed by atoms with Gasteiger partial charge in [0.25, 0.3) is 0 Å². The highest BCUT2D eigenvalue weighted by Gasteiger charge is 2.58. The summed E-state index contributed by atoms with van der Waals surface area (Å²) >= 11 is 0. The molecule has 9 nitrogen and oxygen atoms in total. The number of carbonyl (C=O) groups is 1. The predicted octanol–water partition coefficient (Wildman–Crippen LogP) is 2.74. The van der Waals surface area contributed by atoms with E-state index in [9.17, 15) is 18.0 Å². The number of alkyl halides is 3. The molecule has 0 radical (unpaired) electrons. The van der Waals surface area contributed by atoms with E-state index in [4.69, 9.17) is 4.42 Å². The fraction of sp³-hybridized carbons (Fsp3) is 0.727. The standard InChI is InChI=1S/C22H26F3N7O2/c23-22(24,25)18-26-5-16(34-18)6-29-7-21(8-29)11-31(12-21)19(33)30-9-20(10-30)3-15(4-20)32-13-27-17(28-32)14-1-2-14/h5,13-15H,1-4,6-12H2. The van der Waals surface area contributed by atoms with Gasteiger partial charge < -0.3 is 14.2 Å². The molecule has 7 rings (SSSR count). The van der Waals surface area contributed by atoms with E-state index in [0.717, 1.165) is 51.0 Å². The van der Waals surface area contributed by atoms with Gasteiger partial charge in [-0.3, -0.25) is 4.90 Å². The highest BCUT2D eigenvalue weighted by atomic mass is 19.4. The van der Waals surface area contributed by atoms with Crippen LogP contribution in [0.15, 0.2) is 16.9 Å². The molecule has 0 aromatic carbocycles. The van der Waals surface area contributed by atoms with Crippen molar-refractivity contribution >= 4 is 6.03 Å². The van der Waals surface area contributed by atoms with Crippen LogP contribution in [0.1, 0.15) is 55.1 Å². The summed E-state index contributed by atoms with van der Waals surface area (Å²) in [5.41, 5.74) is 0.313. The predicted molar refractivity (Wildman–Crippen MR) is 110 cm³/mol. The highest BCUT2D eigenvalue weighted by Crippen LogP contribution is 2.54. The van der Waals surface area contributed by atoms with Crippen molar-refractivity contribution in [2.75, 3.05) is 39.3 Å². The molecule has 0 bridgehead atoms. The Labute approximate surface area is 193 Å². The Hall–Kier alpha value is -2.63. The first-order valence-electron chi connectivity index (χ1n) is 11.9. The molecule has 2 saturated carbocycles. The maximum absolute atomic E-state index is 12.9. The number of rotatable bonds is 4. The van der Waals surface area contributed by atoms with Crippen molar-refractivity contribution in [1.82, 2.24) is 34.4 Å². The lowest BCUT2D eigenvalue weighted by atomic mass is 9.60. The van der Waals surface area contributed by atoms with Crippen LogP contribution in [-0.4, -0.2) is 79.7 Å². The lowest BCUT2D eigenvalue weighted by Gasteiger charge is -2.63. The van der Waals surface area contributed by atoms with Gasteiger partial charge in [-0.25, -0.2) is 19.4 Å². The van der Waals surface area contributed by atoms with Crippen molar-refractivity contribution in [1.29, 1.82) is 0 Å². The topological polar surface area (TPSA) is 83.5 Å². The Balaban J connectivity index is 0.844. The van der Waals surface area contributed by atoms with Gasteiger partial charge in [0.1, 0.15) is 12.1 Å². The van der Waals surface area contributed by atoms with Crippen LogP contribution in [-0.2, 0) is 12.7 Å². The second-order valence-electron chi connectivity index (χ2n) is 11.2. The Morgan fingerprint density at radius 1 is 1.03 bits per heavy atom. The van der Waals surface area contributed by atoms with Crippen LogP contribution < -0.4 is 0 Å². The molecule has 5 aliphatic rings. The summed E-state index contributed by atoms with van der Waals surface area (Å²) in [6.45, 7) is 4.87. The molecule has 182 valence electrons. The zero-order valence-electron chi connectivity index (χ0n) is 18.7. The molecule has 0 unspecified atom stereocenters. The van der Waals surface area contributed by atoms with Crippen LogP contribution in [0.5, 0.6) is 0 Å². The normalized spacial score (nSPS) is 25.7. The molecule has 12 heteroatoms. The van der Waals surface area contributed by atoms with E-state index in [1.807, 2.05) is 25.7 Å². The smallest absolute Gasteiger partial charge is 0.437 e. The third kappa shape index (κ3) is 3.32. The van der Waals surface area contributed by atoms with Gasteiger partial charge in [-0.2, -0.15) is 18.3 Å². The number of aromatic nitrogens is 4. The van der Waals surface area contributed by atoms with Crippen molar-refractivity contribution in [3.63, 3.8) is 0 Å². The summed E-state index contributed by atoms with van der Waals surface area (Å²) in [4.78, 5) is 26.5. The van der Waals surface area contributed by atoms with Gasteiger partial charge >= 0.3 is 18.1 Å². The maximum Gasteiger partial charge on any atom is 0.468 e. The first-order chi connectivity index (χ1) is 16.2. The SMILES string of the molecule is O=C(N1CC2(CC(n3cnc(C4CC4)n3)C2)C1)N1CC2(CN(Cc3cnc(C(F)(F)F)o3)C2)C1. The molecule has 2 aliphatic carbocycles. The lowest BCUT2D eigenvalue weighted by molar-refractivity contribution is -0.158. The molecule has 2 amide bonds. The Bertz CT molecular complexity index is 1110. The van der Waals surface area contributed by atoms with Gasteiger partial charge in [0.2, 0.25) is 0 Å². The molecule has 5 fully saturated rings. The number of likely N-dealkylation sites (tertiary alicyclic amines) is 3. The molecule has 5 heterocycles. The zero-order valence-corrected chi connectivity index (χ0v) is 18.7. The molecule has 34 heavy (non-hydrogen) atoms. The number of hydrogen-bond donors (Lipinski definition) is 0. The number of halogens is 3. The number of nitrogens with zero attached hydrogens (tertiary/aromatic N) is 7. The quantitative estimate of drug-likeness (QED) is 0.674. The van der Waals surface area contributed by atoms with E-state index in [2.05, 4.69) is 15.1 Å². The van der Waals surface area contributed by atoms with E-state index in [1.165, 1.54) is 12.8 Å². The number of hydrogen-bond acceptors (Lipinski definition) is 6. The summed E-state index contributed by atoms with van der Waals surface area (Å²) in [5.74, 6) is 0.569. The fourth-order valence-corrected chi connectivity index (χ4v) is 6.32. The van der Waals surface area contributed by atoms with E-state index < -0.39 is 12.1 Å². The molecule has 2 spiro atoms. The molecule has 2 aromatic heterocycles. The molecule has 0 atom stereocenters. The van der Waals surface area contributed by atoms with Crippen LogP contribution in [0.3, 0.4) is 0 Å². The van der Waals surface area contributed by atoms with E-state index in [-0.39, 0.29) is 22.6 Å². The van der Waals surface area contributed by atoms with E-state index in [1.54, 1.807) is 0 Å². The van der Waals surface area contributed by atoms with Gasteiger partial charge in [0.05, 0.1) is 18.8 Å². The zero-order chi connectivity index (χ0) is 23.3. The third-order valence-electron chi connectivity index (χ3n) is 8.12. The van der Waals surface area contributed by atoms with Crippen LogP contribution in [0.4, 0.5) is 18.0 Å². The highest BCUT2D eigenvalue weighted by molar-refractivity contribution is 5.77. The average molecular weight is 477 g/mol. The number of oxazole rings is 1. The number of urea groups is 1. The van der Waals surface area contributed by atoms with Gasteiger partial charge in [0.15, 0.2) is 5.82 Å². The van der Waals surface area contributed by atoms with Gasteiger partial charge in [0, 0.05) is 56.0 Å². The molecule has 0 N–H and O–H groups in total. The van der Waals surface area contributed by atoms with Gasteiger partial charge in [-0.1, -0.05) is 0 Å². The minimum atomic E-state index is -4.56. The monoisotopic (exact) mass is 477 g/mol. The van der Waals surface area contributed by atoms with Crippen LogP contribution >= 0.6 is 0 Å². The summed E-state index contributed by atoms with van der Waals surface area (Å²) in [5, 5.41) is 4.65. The third-order valence-corrected chi connectivity index (χ3v) is 8.12. The number of amides is 2. The molecule has 3 saturated heterocycles. The van der Waals surface area contributed by atoms with Crippen molar-refractivity contribution in [3.05, 3.63) is 30.0 Å². The molecular formula is C22H26F3N7O2. The van der Waals surface area contributed by atoms with Gasteiger partial charge in [-0.05, 0) is 25.7 Å². The second kappa shape index (κ2) is 6.73. The summed E-state index contributed by atoms with van der Waals surface area (Å²) in [6.07, 6.45) is 2.97. The number of carbonyl (C=O) groups excluding carboxylic acids is 1. The molecular weight excluding hydrogens is 451 g/mol. The Morgan fingerprint density at radius 3 is 2.32 bits per heavy atom. The summed E-state index contributed by atoms with van der Waals surface area (Å²) < 4.78 is 44.7. The Kier molecular flexibility index (Phi) is 4.10. The summed E-state index contributed by atoms with van der Waals surface area (Å²) in [7, 11) is 0. The Morgan fingerprint density at radius 2 is 1.71 bits per heavy atom. The molecule has 3 aliphatic heterocycles. The van der Waals surface area contributed by atoms with Crippen molar-refractivity contribution in [2.24, 2.45) is 10.8 Å². The largest absolute Gasteiger partial charge is 0.468 e. The second-order valence-corrected chi connectivity index (χ2v) is 11.2.